The van der Waals surface area contributed by atoms with Gasteiger partial charge in [0.2, 0.25) is 10.0 Å². The predicted molar refractivity (Wildman–Crippen MR) is 66.0 cm³/mol. The zero-order valence-electron chi connectivity index (χ0n) is 9.44. The highest BCUT2D eigenvalue weighted by molar-refractivity contribution is 9.10. The summed E-state index contributed by atoms with van der Waals surface area (Å²) in [5.41, 5.74) is -0.201. The number of hydrogen-bond acceptors (Lipinski definition) is 4. The van der Waals surface area contributed by atoms with Crippen molar-refractivity contribution < 1.29 is 22.3 Å². The van der Waals surface area contributed by atoms with Crippen LogP contribution in [0.1, 0.15) is 23.7 Å². The van der Waals surface area contributed by atoms with E-state index in [1.807, 2.05) is 0 Å². The number of rotatable bonds is 4. The maximum Gasteiger partial charge on any atom is 0.338 e. The van der Waals surface area contributed by atoms with Crippen molar-refractivity contribution in [2.75, 3.05) is 6.61 Å². The van der Waals surface area contributed by atoms with Gasteiger partial charge in [-0.15, -0.1) is 0 Å². The third-order valence-electron chi connectivity index (χ3n) is 1.97. The lowest BCUT2D eigenvalue weighted by Gasteiger charge is -2.07. The van der Waals surface area contributed by atoms with Crippen LogP contribution >= 0.6 is 15.9 Å². The molecule has 0 bridgehead atoms. The molecule has 0 aliphatic carbocycles. The Kier molecular flexibility index (Phi) is 4.83. The molecule has 0 amide bonds. The van der Waals surface area contributed by atoms with Crippen molar-refractivity contribution in [1.29, 1.82) is 0 Å². The average molecular weight is 340 g/mol. The van der Waals surface area contributed by atoms with Gasteiger partial charge in [0.1, 0.15) is 5.82 Å². The van der Waals surface area contributed by atoms with Crippen molar-refractivity contribution in [3.63, 3.8) is 0 Å². The smallest absolute Gasteiger partial charge is 0.338 e. The summed E-state index contributed by atoms with van der Waals surface area (Å²) in [7, 11) is -4.13. The minimum atomic E-state index is -4.13. The Morgan fingerprint density at radius 2 is 2.11 bits per heavy atom. The van der Waals surface area contributed by atoms with Gasteiger partial charge in [-0.2, -0.15) is 0 Å². The summed E-state index contributed by atoms with van der Waals surface area (Å²) in [6.07, 6.45) is 0.604. The summed E-state index contributed by atoms with van der Waals surface area (Å²) < 4.78 is 40.4. The first-order valence-corrected chi connectivity index (χ1v) is 7.30. The zero-order valence-corrected chi connectivity index (χ0v) is 11.8. The van der Waals surface area contributed by atoms with Gasteiger partial charge in [-0.1, -0.05) is 6.92 Å². The molecule has 1 aromatic rings. The number of primary sulfonamides is 1. The Bertz CT molecular complexity index is 573. The minimum absolute atomic E-state index is 0.168. The number of esters is 1. The van der Waals surface area contributed by atoms with Crippen molar-refractivity contribution in [3.05, 3.63) is 28.0 Å². The van der Waals surface area contributed by atoms with E-state index in [2.05, 4.69) is 15.9 Å². The fourth-order valence-electron chi connectivity index (χ4n) is 1.17. The molecule has 1 aromatic carbocycles. The molecule has 0 atom stereocenters. The van der Waals surface area contributed by atoms with E-state index in [-0.39, 0.29) is 16.6 Å². The summed E-state index contributed by atoms with van der Waals surface area (Å²) >= 11 is 2.77. The van der Waals surface area contributed by atoms with E-state index < -0.39 is 26.7 Å². The Balaban J connectivity index is 3.25. The van der Waals surface area contributed by atoms with Crippen LogP contribution < -0.4 is 5.14 Å². The molecule has 0 saturated carbocycles. The van der Waals surface area contributed by atoms with Gasteiger partial charge < -0.3 is 4.74 Å². The molecule has 5 nitrogen and oxygen atoms in total. The number of sulfonamides is 1. The van der Waals surface area contributed by atoms with Crippen LogP contribution in [0.3, 0.4) is 0 Å². The first-order chi connectivity index (χ1) is 8.27. The molecule has 0 aliphatic rings. The third kappa shape index (κ3) is 3.50. The zero-order chi connectivity index (χ0) is 13.9. The Morgan fingerprint density at radius 3 is 2.61 bits per heavy atom. The highest BCUT2D eigenvalue weighted by atomic mass is 79.9. The molecule has 2 N–H and O–H groups in total. The minimum Gasteiger partial charge on any atom is -0.462 e. The molecule has 0 heterocycles. The standard InChI is InChI=1S/C10H11BrFNO4S/c1-2-3-17-10(14)6-4-7(12)9(11)8(5-6)18(13,15)16/h4-5H,2-3H2,1H3,(H2,13,15,16). The number of benzene rings is 1. The molecular weight excluding hydrogens is 329 g/mol. The van der Waals surface area contributed by atoms with Crippen molar-refractivity contribution in [3.8, 4) is 0 Å². The summed E-state index contributed by atoms with van der Waals surface area (Å²) in [6, 6.07) is 1.86. The number of halogens is 2. The number of nitrogens with two attached hydrogens (primary N) is 1. The van der Waals surface area contributed by atoms with Crippen LogP contribution in [0, 0.1) is 5.82 Å². The molecule has 1 rings (SSSR count). The van der Waals surface area contributed by atoms with Crippen LogP contribution in [0.15, 0.2) is 21.5 Å². The molecule has 0 spiro atoms. The normalized spacial score (nSPS) is 11.3. The number of carbonyl (C=O) groups is 1. The SMILES string of the molecule is CCCOC(=O)c1cc(F)c(Br)c(S(N)(=O)=O)c1. The number of ether oxygens (including phenoxy) is 1. The second kappa shape index (κ2) is 5.77. The lowest BCUT2D eigenvalue weighted by molar-refractivity contribution is 0.0504. The van der Waals surface area contributed by atoms with E-state index in [4.69, 9.17) is 9.88 Å². The fourth-order valence-corrected chi connectivity index (χ4v) is 2.71. The monoisotopic (exact) mass is 339 g/mol. The second-order valence-corrected chi connectivity index (χ2v) is 5.77. The van der Waals surface area contributed by atoms with Gasteiger partial charge in [0.25, 0.3) is 0 Å². The maximum atomic E-state index is 13.5. The van der Waals surface area contributed by atoms with Gasteiger partial charge in [0, 0.05) is 0 Å². The molecule has 0 aromatic heterocycles. The van der Waals surface area contributed by atoms with Gasteiger partial charge in [-0.25, -0.2) is 22.7 Å². The lowest BCUT2D eigenvalue weighted by Crippen LogP contribution is -2.15. The fraction of sp³-hybridized carbons (Fsp3) is 0.300. The molecule has 100 valence electrons. The largest absolute Gasteiger partial charge is 0.462 e. The highest BCUT2D eigenvalue weighted by Gasteiger charge is 2.20. The topological polar surface area (TPSA) is 86.5 Å². The van der Waals surface area contributed by atoms with Crippen molar-refractivity contribution in [2.24, 2.45) is 5.14 Å². The molecule has 0 aliphatic heterocycles. The van der Waals surface area contributed by atoms with Crippen LogP contribution in [0.4, 0.5) is 4.39 Å². The molecule has 18 heavy (non-hydrogen) atoms. The molecule has 0 radical (unpaired) electrons. The van der Waals surface area contributed by atoms with Crippen molar-refractivity contribution >= 4 is 31.9 Å². The first kappa shape index (κ1) is 15.1. The quantitative estimate of drug-likeness (QED) is 0.847. The number of hydrogen-bond donors (Lipinski definition) is 1. The molecular formula is C10H11BrFNO4S. The highest BCUT2D eigenvalue weighted by Crippen LogP contribution is 2.26. The predicted octanol–water partition coefficient (Wildman–Crippen LogP) is 1.80. The summed E-state index contributed by atoms with van der Waals surface area (Å²) in [5.74, 6) is -1.70. The summed E-state index contributed by atoms with van der Waals surface area (Å²) in [4.78, 5) is 11.0. The first-order valence-electron chi connectivity index (χ1n) is 4.96. The van der Waals surface area contributed by atoms with Gasteiger partial charge >= 0.3 is 5.97 Å². The van der Waals surface area contributed by atoms with Crippen molar-refractivity contribution in [1.82, 2.24) is 0 Å². The van der Waals surface area contributed by atoms with Gasteiger partial charge in [-0.05, 0) is 34.5 Å². The second-order valence-electron chi connectivity index (χ2n) is 3.45. The van der Waals surface area contributed by atoms with Crippen LogP contribution in [-0.2, 0) is 14.8 Å². The van der Waals surface area contributed by atoms with Crippen LogP contribution in [0.25, 0.3) is 0 Å². The van der Waals surface area contributed by atoms with Crippen molar-refractivity contribution in [2.45, 2.75) is 18.2 Å². The van der Waals surface area contributed by atoms with E-state index in [9.17, 15) is 17.6 Å². The molecule has 0 unspecified atom stereocenters. The van der Waals surface area contributed by atoms with E-state index in [0.29, 0.717) is 6.42 Å². The van der Waals surface area contributed by atoms with E-state index >= 15 is 0 Å². The maximum absolute atomic E-state index is 13.5. The van der Waals surface area contributed by atoms with E-state index in [0.717, 1.165) is 12.1 Å². The summed E-state index contributed by atoms with van der Waals surface area (Å²) in [6.45, 7) is 1.96. The van der Waals surface area contributed by atoms with Gasteiger partial charge in [0.15, 0.2) is 0 Å². The average Bonchev–Trinajstić information content (AvgIpc) is 2.27. The number of carbonyl (C=O) groups excluding carboxylic acids is 1. The Morgan fingerprint density at radius 1 is 1.50 bits per heavy atom. The van der Waals surface area contributed by atoms with Crippen LogP contribution in [0.2, 0.25) is 0 Å². The molecule has 8 heteroatoms. The van der Waals surface area contributed by atoms with Gasteiger partial charge in [0.05, 0.1) is 21.5 Å². The van der Waals surface area contributed by atoms with E-state index in [1.165, 1.54) is 0 Å². The van der Waals surface area contributed by atoms with Gasteiger partial charge in [-0.3, -0.25) is 0 Å². The third-order valence-corrected chi connectivity index (χ3v) is 3.98. The molecule has 0 saturated heterocycles. The lowest BCUT2D eigenvalue weighted by atomic mass is 10.2. The van der Waals surface area contributed by atoms with Crippen LogP contribution in [0.5, 0.6) is 0 Å². The van der Waals surface area contributed by atoms with E-state index in [1.54, 1.807) is 6.92 Å². The molecule has 0 fully saturated rings. The Labute approximate surface area is 112 Å². The summed E-state index contributed by atoms with van der Waals surface area (Å²) in [5, 5.41) is 4.92. The van der Waals surface area contributed by atoms with Crippen LogP contribution in [-0.4, -0.2) is 21.0 Å². The Hall–Kier alpha value is -0.990.